The Morgan fingerprint density at radius 1 is 1.02 bits per heavy atom. The molecule has 1 aromatic rings. The lowest BCUT2D eigenvalue weighted by molar-refractivity contribution is -0.121. The maximum Gasteiger partial charge on any atom is 0.330 e. The number of ether oxygens (including phenoxy) is 1. The number of H-pyrrole nitrogens is 1. The van der Waals surface area contributed by atoms with Gasteiger partial charge in [0.1, 0.15) is 12.3 Å². The molecule has 7 N–H and O–H groups in total. The molecule has 0 spiro atoms. The van der Waals surface area contributed by atoms with Gasteiger partial charge in [0, 0.05) is 48.7 Å². The molecule has 4 amide bonds. The predicted octanol–water partition coefficient (Wildman–Crippen LogP) is -0.762. The van der Waals surface area contributed by atoms with Crippen LogP contribution in [-0.4, -0.2) is 92.6 Å². The molecule has 1 aromatic heterocycles. The number of hydrogen-bond donors (Lipinski definition) is 7. The Hall–Kier alpha value is -2.88. The summed E-state index contributed by atoms with van der Waals surface area (Å²) in [5.41, 5.74) is -1.28. The summed E-state index contributed by atoms with van der Waals surface area (Å²) in [4.78, 5) is 62.5. The Bertz CT molecular complexity index is 1210. The number of carbonyl (C=O) groups is 3. The van der Waals surface area contributed by atoms with Gasteiger partial charge in [0.25, 0.3) is 5.56 Å². The van der Waals surface area contributed by atoms with Crippen LogP contribution in [0.4, 0.5) is 4.79 Å². The van der Waals surface area contributed by atoms with E-state index in [0.29, 0.717) is 24.8 Å². The van der Waals surface area contributed by atoms with Crippen LogP contribution in [0.2, 0.25) is 0 Å². The number of amides is 4. The first-order valence-electron chi connectivity index (χ1n) is 14.8. The largest absolute Gasteiger partial charge is 0.394 e. The van der Waals surface area contributed by atoms with Crippen molar-refractivity contribution in [2.75, 3.05) is 25.4 Å². The van der Waals surface area contributed by atoms with Crippen molar-refractivity contribution in [3.8, 4) is 0 Å². The molecule has 0 bridgehead atoms. The van der Waals surface area contributed by atoms with E-state index in [1.54, 1.807) is 0 Å². The standard InChI is InChI=1S/C27H42N6O8S/c34-14-19-18(35)12-23(41-19)33-13-16(25(38)32-27(33)40)11-22(37)29-10-6-2-1-5-9-28-21(36)8-4-3-7-20-24-17(15-42-20)30-26(39)31-24/h13,17-20,23-24,34-35H,1-12,14-15H2,(H,28,36)(H,29,37)(H2,30,31,39)(H,32,38,40)/t17-,18+,19-,20-,23-,24-/m1/s1. The third-order valence-corrected chi connectivity index (χ3v) is 9.42. The topological polar surface area (TPSA) is 204 Å². The van der Waals surface area contributed by atoms with Gasteiger partial charge in [0.05, 0.1) is 31.2 Å². The zero-order chi connectivity index (χ0) is 30.1. The van der Waals surface area contributed by atoms with E-state index >= 15 is 0 Å². The summed E-state index contributed by atoms with van der Waals surface area (Å²) in [7, 11) is 0. The average Bonchev–Trinajstić information content (AvgIpc) is 3.63. The molecule has 0 unspecified atom stereocenters. The first-order chi connectivity index (χ1) is 20.2. The van der Waals surface area contributed by atoms with Crippen molar-refractivity contribution >= 4 is 29.6 Å². The van der Waals surface area contributed by atoms with E-state index in [-0.39, 0.29) is 48.3 Å². The smallest absolute Gasteiger partial charge is 0.330 e. The zero-order valence-electron chi connectivity index (χ0n) is 23.6. The second kappa shape index (κ2) is 15.5. The lowest BCUT2D eigenvalue weighted by atomic mass is 10.0. The summed E-state index contributed by atoms with van der Waals surface area (Å²) < 4.78 is 6.61. The molecule has 0 aromatic carbocycles. The van der Waals surface area contributed by atoms with Gasteiger partial charge in [-0.2, -0.15) is 11.8 Å². The average molecular weight is 611 g/mol. The molecule has 0 saturated carbocycles. The molecule has 0 aliphatic carbocycles. The van der Waals surface area contributed by atoms with Crippen LogP contribution in [0, 0.1) is 0 Å². The Kier molecular flexibility index (Phi) is 11.9. The highest BCUT2D eigenvalue weighted by Gasteiger charge is 2.42. The van der Waals surface area contributed by atoms with Crippen molar-refractivity contribution in [2.24, 2.45) is 0 Å². The molecule has 234 valence electrons. The highest BCUT2D eigenvalue weighted by Crippen LogP contribution is 2.33. The number of unbranched alkanes of at least 4 members (excludes halogenated alkanes) is 4. The second-order valence-electron chi connectivity index (χ2n) is 11.1. The molecule has 3 aliphatic rings. The molecule has 42 heavy (non-hydrogen) atoms. The van der Waals surface area contributed by atoms with Crippen molar-refractivity contribution in [3.05, 3.63) is 32.6 Å². The van der Waals surface area contributed by atoms with Crippen LogP contribution in [-0.2, 0) is 20.7 Å². The third kappa shape index (κ3) is 8.82. The van der Waals surface area contributed by atoms with E-state index in [4.69, 9.17) is 4.74 Å². The number of aromatic nitrogens is 2. The molecular formula is C27H42N6O8S. The van der Waals surface area contributed by atoms with E-state index in [1.807, 2.05) is 11.8 Å². The monoisotopic (exact) mass is 610 g/mol. The minimum absolute atomic E-state index is 0.0558. The van der Waals surface area contributed by atoms with E-state index in [0.717, 1.165) is 55.3 Å². The Labute approximate surface area is 247 Å². The van der Waals surface area contributed by atoms with Crippen LogP contribution in [0.3, 0.4) is 0 Å². The molecule has 15 heteroatoms. The number of thioether (sulfide) groups is 1. The van der Waals surface area contributed by atoms with Crippen LogP contribution >= 0.6 is 11.8 Å². The molecule has 14 nitrogen and oxygen atoms in total. The number of hydrogen-bond acceptors (Lipinski definition) is 9. The van der Waals surface area contributed by atoms with Crippen LogP contribution in [0.25, 0.3) is 0 Å². The maximum absolute atomic E-state index is 12.4. The predicted molar refractivity (Wildman–Crippen MR) is 155 cm³/mol. The molecule has 4 heterocycles. The quantitative estimate of drug-likeness (QED) is 0.0927. The number of carbonyl (C=O) groups excluding carboxylic acids is 3. The van der Waals surface area contributed by atoms with Crippen molar-refractivity contribution in [2.45, 2.75) is 100.0 Å². The molecule has 3 saturated heterocycles. The van der Waals surface area contributed by atoms with Gasteiger partial charge in [0.15, 0.2) is 0 Å². The number of aliphatic hydroxyl groups is 2. The number of nitrogens with zero attached hydrogens (tertiary/aromatic N) is 1. The highest BCUT2D eigenvalue weighted by atomic mass is 32.2. The number of aliphatic hydroxyl groups excluding tert-OH is 2. The van der Waals surface area contributed by atoms with Gasteiger partial charge in [-0.05, 0) is 25.7 Å². The van der Waals surface area contributed by atoms with Crippen molar-refractivity contribution in [1.82, 2.24) is 30.8 Å². The number of fused-ring (bicyclic) bond motifs is 1. The molecule has 6 atom stereocenters. The number of urea groups is 1. The Morgan fingerprint density at radius 3 is 2.48 bits per heavy atom. The van der Waals surface area contributed by atoms with Crippen LogP contribution in [0.5, 0.6) is 0 Å². The fourth-order valence-corrected chi connectivity index (χ4v) is 7.12. The van der Waals surface area contributed by atoms with Crippen LogP contribution in [0.1, 0.15) is 69.6 Å². The highest BCUT2D eigenvalue weighted by molar-refractivity contribution is 8.00. The summed E-state index contributed by atoms with van der Waals surface area (Å²) >= 11 is 1.88. The Balaban J connectivity index is 1.02. The summed E-state index contributed by atoms with van der Waals surface area (Å²) in [6.45, 7) is 0.660. The minimum Gasteiger partial charge on any atom is -0.394 e. The van der Waals surface area contributed by atoms with Crippen molar-refractivity contribution in [3.63, 3.8) is 0 Å². The summed E-state index contributed by atoms with van der Waals surface area (Å²) in [5, 5.41) is 31.3. The third-order valence-electron chi connectivity index (χ3n) is 7.92. The number of nitrogens with one attached hydrogen (secondary N) is 5. The second-order valence-corrected chi connectivity index (χ2v) is 12.4. The van der Waals surface area contributed by atoms with E-state index in [1.165, 1.54) is 6.20 Å². The lowest BCUT2D eigenvalue weighted by Crippen LogP contribution is -2.36. The first kappa shape index (κ1) is 32.0. The number of aromatic amines is 1. The van der Waals surface area contributed by atoms with Gasteiger partial charge in [0.2, 0.25) is 11.8 Å². The van der Waals surface area contributed by atoms with Gasteiger partial charge in [-0.1, -0.05) is 19.3 Å². The van der Waals surface area contributed by atoms with Crippen LogP contribution in [0.15, 0.2) is 15.8 Å². The maximum atomic E-state index is 12.4. The van der Waals surface area contributed by atoms with E-state index in [9.17, 15) is 34.2 Å². The lowest BCUT2D eigenvalue weighted by Gasteiger charge is -2.16. The van der Waals surface area contributed by atoms with Gasteiger partial charge in [-0.25, -0.2) is 9.59 Å². The van der Waals surface area contributed by atoms with Gasteiger partial charge < -0.3 is 36.2 Å². The van der Waals surface area contributed by atoms with Gasteiger partial charge in [-0.15, -0.1) is 0 Å². The normalized spacial score (nSPS) is 26.5. The molecule has 3 fully saturated rings. The summed E-state index contributed by atoms with van der Waals surface area (Å²) in [6.07, 6.45) is 5.19. The summed E-state index contributed by atoms with van der Waals surface area (Å²) in [6, 6.07) is 0.353. The molecule has 3 aliphatic heterocycles. The van der Waals surface area contributed by atoms with Gasteiger partial charge in [-0.3, -0.25) is 23.9 Å². The number of rotatable bonds is 16. The fraction of sp³-hybridized carbons (Fsp3) is 0.741. The minimum atomic E-state index is -0.941. The fourth-order valence-electron chi connectivity index (χ4n) is 5.57. The van der Waals surface area contributed by atoms with Crippen molar-refractivity contribution in [1.29, 1.82) is 0 Å². The molecule has 4 rings (SSSR count). The SMILES string of the molecule is O=C(CCCC[C@H]1SC[C@H]2NC(=O)N[C@H]21)NCCCCCCNC(=O)Cc1cn([C@H]2C[C@H](O)[C@@H](CO)O2)c(=O)[nH]c1=O. The van der Waals surface area contributed by atoms with Crippen LogP contribution < -0.4 is 32.5 Å². The summed E-state index contributed by atoms with van der Waals surface area (Å²) in [5.74, 6) is 0.645. The molecular weight excluding hydrogens is 568 g/mol. The van der Waals surface area contributed by atoms with E-state index in [2.05, 4.69) is 26.3 Å². The molecule has 0 radical (unpaired) electrons. The Morgan fingerprint density at radius 2 is 1.76 bits per heavy atom. The zero-order valence-corrected chi connectivity index (χ0v) is 24.5. The van der Waals surface area contributed by atoms with E-state index < -0.39 is 36.3 Å². The first-order valence-corrected chi connectivity index (χ1v) is 15.8. The van der Waals surface area contributed by atoms with Crippen molar-refractivity contribution < 1.29 is 29.3 Å². The van der Waals surface area contributed by atoms with Gasteiger partial charge >= 0.3 is 11.7 Å².